The van der Waals surface area contributed by atoms with E-state index in [1.54, 1.807) is 0 Å². The van der Waals surface area contributed by atoms with Crippen molar-refractivity contribution in [2.24, 2.45) is 0 Å². The summed E-state index contributed by atoms with van der Waals surface area (Å²) in [5.41, 5.74) is 0. The molecule has 0 aliphatic heterocycles. The van der Waals surface area contributed by atoms with Crippen LogP contribution in [0.1, 0.15) is 6.92 Å². The molecule has 76 valence electrons. The van der Waals surface area contributed by atoms with Crippen LogP contribution in [0, 0.1) is 0 Å². The summed E-state index contributed by atoms with van der Waals surface area (Å²) < 4.78 is 0. The number of carboxylic acids is 1. The highest BCUT2D eigenvalue weighted by molar-refractivity contribution is 5.75. The van der Waals surface area contributed by atoms with E-state index in [-0.39, 0.29) is 0 Å². The van der Waals surface area contributed by atoms with E-state index in [1.807, 2.05) is 36.4 Å². The normalized spacial score (nSPS) is 10.4. The van der Waals surface area contributed by atoms with Gasteiger partial charge in [-0.15, -0.1) is 0 Å². The molecular formula is C10H13NO3. The summed E-state index contributed by atoms with van der Waals surface area (Å²) in [6.45, 7) is 1.39. The molecule has 0 fully saturated rings. The van der Waals surface area contributed by atoms with Crippen LogP contribution in [0.15, 0.2) is 36.4 Å². The SMILES string of the molecule is CC(NC=O)C(=O)O.c1ccccc1. The molecule has 2 N–H and O–H groups in total. The Balaban J connectivity index is 0.000000249. The van der Waals surface area contributed by atoms with Crippen LogP contribution >= 0.6 is 0 Å². The first-order valence-electron chi connectivity index (χ1n) is 4.11. The van der Waals surface area contributed by atoms with Gasteiger partial charge < -0.3 is 10.4 Å². The quantitative estimate of drug-likeness (QED) is 0.704. The number of carboxylic acid groups (broad SMARTS) is 1. The topological polar surface area (TPSA) is 66.4 Å². The first-order valence-corrected chi connectivity index (χ1v) is 4.11. The van der Waals surface area contributed by atoms with Crippen molar-refractivity contribution in [3.05, 3.63) is 36.4 Å². The third-order valence-corrected chi connectivity index (χ3v) is 1.36. The molecule has 4 nitrogen and oxygen atoms in total. The van der Waals surface area contributed by atoms with E-state index in [0.29, 0.717) is 6.41 Å². The first kappa shape index (κ1) is 12.2. The Hall–Kier alpha value is -1.84. The van der Waals surface area contributed by atoms with Crippen LogP contribution in [0.3, 0.4) is 0 Å². The highest BCUT2D eigenvalue weighted by atomic mass is 16.4. The summed E-state index contributed by atoms with van der Waals surface area (Å²) in [4.78, 5) is 19.4. The molecule has 0 aliphatic rings. The van der Waals surface area contributed by atoms with E-state index in [1.165, 1.54) is 6.92 Å². The predicted molar refractivity (Wildman–Crippen MR) is 52.7 cm³/mol. The molecule has 0 heterocycles. The van der Waals surface area contributed by atoms with Crippen LogP contribution in [0.5, 0.6) is 0 Å². The summed E-state index contributed by atoms with van der Waals surface area (Å²) in [6, 6.07) is 11.2. The Morgan fingerprint density at radius 1 is 1.21 bits per heavy atom. The zero-order valence-corrected chi connectivity index (χ0v) is 7.88. The Bertz CT molecular complexity index is 235. The van der Waals surface area contributed by atoms with Gasteiger partial charge in [-0.05, 0) is 6.92 Å². The van der Waals surface area contributed by atoms with Crippen LogP contribution in [-0.2, 0) is 9.59 Å². The fourth-order valence-electron chi connectivity index (χ4n) is 0.558. The van der Waals surface area contributed by atoms with Crippen molar-refractivity contribution in [3.8, 4) is 0 Å². The molecule has 0 spiro atoms. The van der Waals surface area contributed by atoms with Crippen molar-refractivity contribution in [2.75, 3.05) is 0 Å². The van der Waals surface area contributed by atoms with Gasteiger partial charge in [0, 0.05) is 0 Å². The molecule has 1 aromatic carbocycles. The number of aliphatic carboxylic acids is 1. The van der Waals surface area contributed by atoms with Gasteiger partial charge in [-0.25, -0.2) is 0 Å². The average Bonchev–Trinajstić information content (AvgIpc) is 2.21. The lowest BCUT2D eigenvalue weighted by Crippen LogP contribution is -2.32. The van der Waals surface area contributed by atoms with E-state index in [0.717, 1.165) is 0 Å². The molecule has 0 bridgehead atoms. The summed E-state index contributed by atoms with van der Waals surface area (Å²) in [5, 5.41) is 10.2. The van der Waals surface area contributed by atoms with Crippen LogP contribution < -0.4 is 5.32 Å². The molecule has 1 atom stereocenters. The number of benzene rings is 1. The summed E-state index contributed by atoms with van der Waals surface area (Å²) >= 11 is 0. The van der Waals surface area contributed by atoms with Crippen LogP contribution in [0.25, 0.3) is 0 Å². The number of nitrogens with one attached hydrogen (secondary N) is 1. The Kier molecular flexibility index (Phi) is 6.77. The molecule has 1 aromatic rings. The van der Waals surface area contributed by atoms with Gasteiger partial charge in [-0.3, -0.25) is 9.59 Å². The van der Waals surface area contributed by atoms with Crippen molar-refractivity contribution in [1.82, 2.24) is 5.32 Å². The lowest BCUT2D eigenvalue weighted by Gasteiger charge is -2.00. The van der Waals surface area contributed by atoms with Crippen LogP contribution in [0.2, 0.25) is 0 Å². The molecular weight excluding hydrogens is 182 g/mol. The minimum Gasteiger partial charge on any atom is -0.480 e. The maximum absolute atomic E-state index is 9.87. The van der Waals surface area contributed by atoms with Gasteiger partial charge in [-0.2, -0.15) is 0 Å². The number of hydrogen-bond acceptors (Lipinski definition) is 2. The van der Waals surface area contributed by atoms with Gasteiger partial charge in [0.2, 0.25) is 6.41 Å². The largest absolute Gasteiger partial charge is 0.480 e. The smallest absolute Gasteiger partial charge is 0.325 e. The van der Waals surface area contributed by atoms with Crippen molar-refractivity contribution in [3.63, 3.8) is 0 Å². The summed E-state index contributed by atoms with van der Waals surface area (Å²) in [7, 11) is 0. The maximum Gasteiger partial charge on any atom is 0.325 e. The van der Waals surface area contributed by atoms with E-state index in [2.05, 4.69) is 5.32 Å². The van der Waals surface area contributed by atoms with Gasteiger partial charge in [0.1, 0.15) is 6.04 Å². The molecule has 1 amide bonds. The first-order chi connectivity index (χ1) is 6.68. The van der Waals surface area contributed by atoms with Gasteiger partial charge >= 0.3 is 5.97 Å². The molecule has 0 aromatic heterocycles. The van der Waals surface area contributed by atoms with Crippen LogP contribution in [0.4, 0.5) is 0 Å². The molecule has 4 heteroatoms. The number of rotatable bonds is 3. The number of carbonyl (C=O) groups is 2. The standard InChI is InChI=1S/C6H6.C4H7NO3/c1-2-4-6-5-3-1;1-3(4(7)8)5-2-6/h1-6H;2-3H,1H3,(H,5,6)(H,7,8). The van der Waals surface area contributed by atoms with E-state index in [4.69, 9.17) is 5.11 Å². The third-order valence-electron chi connectivity index (χ3n) is 1.36. The fourth-order valence-corrected chi connectivity index (χ4v) is 0.558. The molecule has 0 radical (unpaired) electrons. The second kappa shape index (κ2) is 7.79. The van der Waals surface area contributed by atoms with E-state index in [9.17, 15) is 9.59 Å². The highest BCUT2D eigenvalue weighted by Crippen LogP contribution is 1.79. The van der Waals surface area contributed by atoms with Gasteiger partial charge in [0.15, 0.2) is 0 Å². The molecule has 0 aliphatic carbocycles. The summed E-state index contributed by atoms with van der Waals surface area (Å²) in [6.07, 6.45) is 0.360. The van der Waals surface area contributed by atoms with Gasteiger partial charge in [-0.1, -0.05) is 36.4 Å². The van der Waals surface area contributed by atoms with Crippen LogP contribution in [-0.4, -0.2) is 23.5 Å². The lowest BCUT2D eigenvalue weighted by molar-refractivity contribution is -0.140. The highest BCUT2D eigenvalue weighted by Gasteiger charge is 2.06. The number of amides is 1. The Morgan fingerprint density at radius 2 is 1.57 bits per heavy atom. The third kappa shape index (κ3) is 6.84. The second-order valence-electron chi connectivity index (χ2n) is 2.50. The molecule has 14 heavy (non-hydrogen) atoms. The zero-order valence-electron chi connectivity index (χ0n) is 7.88. The molecule has 1 unspecified atom stereocenters. The second-order valence-corrected chi connectivity index (χ2v) is 2.50. The van der Waals surface area contributed by atoms with E-state index >= 15 is 0 Å². The average molecular weight is 195 g/mol. The predicted octanol–water partition coefficient (Wildman–Crippen LogP) is 0.892. The number of carbonyl (C=O) groups excluding carboxylic acids is 1. The van der Waals surface area contributed by atoms with Crippen molar-refractivity contribution < 1.29 is 14.7 Å². The molecule has 0 saturated carbocycles. The lowest BCUT2D eigenvalue weighted by atomic mass is 10.4. The fraction of sp³-hybridized carbons (Fsp3) is 0.200. The van der Waals surface area contributed by atoms with Crippen molar-refractivity contribution in [2.45, 2.75) is 13.0 Å². The Morgan fingerprint density at radius 3 is 1.71 bits per heavy atom. The molecule has 0 saturated heterocycles. The zero-order chi connectivity index (χ0) is 10.8. The number of hydrogen-bond donors (Lipinski definition) is 2. The molecule has 1 rings (SSSR count). The van der Waals surface area contributed by atoms with Crippen molar-refractivity contribution >= 4 is 12.4 Å². The summed E-state index contributed by atoms with van der Waals surface area (Å²) in [5.74, 6) is -1.03. The van der Waals surface area contributed by atoms with Crippen molar-refractivity contribution in [1.29, 1.82) is 0 Å². The minimum atomic E-state index is -1.03. The van der Waals surface area contributed by atoms with Gasteiger partial charge in [0.05, 0.1) is 0 Å². The maximum atomic E-state index is 9.87. The monoisotopic (exact) mass is 195 g/mol. The Labute approximate surface area is 82.6 Å². The minimum absolute atomic E-state index is 0.360. The van der Waals surface area contributed by atoms with E-state index < -0.39 is 12.0 Å². The van der Waals surface area contributed by atoms with Gasteiger partial charge in [0.25, 0.3) is 0 Å².